The van der Waals surface area contributed by atoms with E-state index in [9.17, 15) is 18.0 Å². The van der Waals surface area contributed by atoms with Gasteiger partial charge in [-0.15, -0.1) is 0 Å². The molecule has 1 aromatic rings. The first kappa shape index (κ1) is 19.2. The third-order valence-corrected chi connectivity index (χ3v) is 5.47. The van der Waals surface area contributed by atoms with E-state index in [1.165, 1.54) is 12.1 Å². The average molecular weight is 367 g/mol. The van der Waals surface area contributed by atoms with Crippen molar-refractivity contribution in [3.8, 4) is 0 Å². The van der Waals surface area contributed by atoms with Crippen molar-refractivity contribution >= 4 is 27.5 Å². The van der Waals surface area contributed by atoms with Gasteiger partial charge in [0.15, 0.2) is 9.84 Å². The Hall–Kier alpha value is -2.09. The third kappa shape index (κ3) is 4.72. The molecule has 1 aliphatic heterocycles. The van der Waals surface area contributed by atoms with Crippen LogP contribution in [-0.4, -0.2) is 62.6 Å². The highest BCUT2D eigenvalue weighted by atomic mass is 32.2. The summed E-state index contributed by atoms with van der Waals surface area (Å²) in [5.41, 5.74) is 0.498. The monoisotopic (exact) mass is 367 g/mol. The zero-order valence-electron chi connectivity index (χ0n) is 14.9. The van der Waals surface area contributed by atoms with Crippen molar-refractivity contribution in [2.24, 2.45) is 0 Å². The molecule has 1 saturated heterocycles. The van der Waals surface area contributed by atoms with Gasteiger partial charge in [0.2, 0.25) is 5.91 Å². The number of carbonyl (C=O) groups excluding carboxylic acids is 2. The third-order valence-electron chi connectivity index (χ3n) is 4.34. The van der Waals surface area contributed by atoms with Crippen molar-refractivity contribution in [1.82, 2.24) is 9.80 Å². The number of piperazine rings is 1. The molecule has 1 fully saturated rings. The first-order valence-corrected chi connectivity index (χ1v) is 10.3. The van der Waals surface area contributed by atoms with Gasteiger partial charge in [-0.05, 0) is 30.7 Å². The molecule has 2 rings (SSSR count). The Labute approximate surface area is 148 Å². The van der Waals surface area contributed by atoms with Gasteiger partial charge in [-0.1, -0.05) is 19.8 Å². The maximum absolute atomic E-state index is 12.6. The van der Waals surface area contributed by atoms with Crippen molar-refractivity contribution in [1.29, 1.82) is 0 Å². The fourth-order valence-electron chi connectivity index (χ4n) is 2.81. The van der Waals surface area contributed by atoms with Gasteiger partial charge in [0.05, 0.1) is 4.90 Å². The number of anilines is 1. The zero-order chi connectivity index (χ0) is 18.6. The smallest absolute Gasteiger partial charge is 0.322 e. The van der Waals surface area contributed by atoms with Gasteiger partial charge in [-0.2, -0.15) is 0 Å². The van der Waals surface area contributed by atoms with Gasteiger partial charge < -0.3 is 15.1 Å². The molecule has 1 N–H and O–H groups in total. The Balaban J connectivity index is 2.11. The first-order chi connectivity index (χ1) is 11.7. The molecule has 1 aromatic carbocycles. The van der Waals surface area contributed by atoms with Crippen LogP contribution in [0.5, 0.6) is 0 Å². The van der Waals surface area contributed by atoms with Crippen LogP contribution in [0.15, 0.2) is 29.2 Å². The highest BCUT2D eigenvalue weighted by molar-refractivity contribution is 7.90. The number of hydrogen-bond acceptors (Lipinski definition) is 4. The van der Waals surface area contributed by atoms with Crippen molar-refractivity contribution in [3.05, 3.63) is 24.3 Å². The number of benzene rings is 1. The molecule has 0 saturated carbocycles. The van der Waals surface area contributed by atoms with Crippen LogP contribution in [0, 0.1) is 0 Å². The fourth-order valence-corrected chi connectivity index (χ4v) is 3.44. The molecule has 0 aliphatic carbocycles. The summed E-state index contributed by atoms with van der Waals surface area (Å²) in [7, 11) is -1.52. The Morgan fingerprint density at radius 3 is 2.44 bits per heavy atom. The maximum Gasteiger partial charge on any atom is 0.322 e. The number of nitrogens with one attached hydrogen (secondary N) is 1. The van der Waals surface area contributed by atoms with E-state index >= 15 is 0 Å². The summed E-state index contributed by atoms with van der Waals surface area (Å²) in [5, 5.41) is 2.75. The summed E-state index contributed by atoms with van der Waals surface area (Å²) in [6, 6.07) is 5.22. The summed E-state index contributed by atoms with van der Waals surface area (Å²) in [5.74, 6) is -0.0396. The van der Waals surface area contributed by atoms with Crippen LogP contribution in [-0.2, 0) is 14.6 Å². The Kier molecular flexibility index (Phi) is 6.05. The number of likely N-dealkylation sites (N-methyl/N-ethyl adjacent to an activating group) is 1. The normalized spacial score (nSPS) is 18.4. The number of carbonyl (C=O) groups is 2. The van der Waals surface area contributed by atoms with Gasteiger partial charge in [-0.25, -0.2) is 13.2 Å². The van der Waals surface area contributed by atoms with E-state index in [-0.39, 0.29) is 16.8 Å². The van der Waals surface area contributed by atoms with E-state index in [4.69, 9.17) is 0 Å². The fraction of sp³-hybridized carbons (Fsp3) is 0.529. The molecule has 0 aromatic heterocycles. The molecule has 8 heteroatoms. The number of sulfone groups is 1. The molecule has 3 amide bonds. The van der Waals surface area contributed by atoms with Gasteiger partial charge in [-0.3, -0.25) is 4.79 Å². The Morgan fingerprint density at radius 2 is 1.88 bits per heavy atom. The molecule has 1 heterocycles. The summed E-state index contributed by atoms with van der Waals surface area (Å²) in [6.07, 6.45) is 3.60. The minimum absolute atomic E-state index is 0.0396. The second kappa shape index (κ2) is 7.86. The van der Waals surface area contributed by atoms with E-state index in [0.717, 1.165) is 19.1 Å². The van der Waals surface area contributed by atoms with Crippen LogP contribution in [0.4, 0.5) is 10.5 Å². The number of nitrogens with zero attached hydrogens (tertiary/aromatic N) is 2. The predicted molar refractivity (Wildman–Crippen MR) is 96.2 cm³/mol. The molecule has 0 bridgehead atoms. The Morgan fingerprint density at radius 1 is 1.24 bits per heavy atom. The highest BCUT2D eigenvalue weighted by Gasteiger charge is 2.35. The van der Waals surface area contributed by atoms with Crippen molar-refractivity contribution < 1.29 is 18.0 Å². The number of rotatable bonds is 5. The topological polar surface area (TPSA) is 86.8 Å². The standard InChI is InChI=1S/C17H25N3O4S/c1-4-5-6-15-16(21)19(2)11-12-20(15)17(22)18-13-7-9-14(10-8-13)25(3,23)24/h7-10,15H,4-6,11-12H2,1-3H3,(H,18,22)/t15-/m0/s1. The molecule has 7 nitrogen and oxygen atoms in total. The molecule has 138 valence electrons. The summed E-state index contributed by atoms with van der Waals surface area (Å²) < 4.78 is 23.0. The van der Waals surface area contributed by atoms with E-state index in [1.807, 2.05) is 6.92 Å². The zero-order valence-corrected chi connectivity index (χ0v) is 15.7. The van der Waals surface area contributed by atoms with Crippen LogP contribution in [0.25, 0.3) is 0 Å². The second-order valence-electron chi connectivity index (χ2n) is 6.34. The molecule has 1 atom stereocenters. The SMILES string of the molecule is CCCC[C@H]1C(=O)N(C)CCN1C(=O)Nc1ccc(S(C)(=O)=O)cc1. The molecule has 1 aliphatic rings. The quantitative estimate of drug-likeness (QED) is 0.862. The number of amides is 3. The van der Waals surface area contributed by atoms with Crippen LogP contribution in [0.3, 0.4) is 0 Å². The number of urea groups is 1. The van der Waals surface area contributed by atoms with Crippen molar-refractivity contribution in [3.63, 3.8) is 0 Å². The molecule has 0 spiro atoms. The van der Waals surface area contributed by atoms with Crippen LogP contribution < -0.4 is 5.32 Å². The minimum atomic E-state index is -3.27. The van der Waals surface area contributed by atoms with Crippen LogP contribution in [0.1, 0.15) is 26.2 Å². The number of unbranched alkanes of at least 4 members (excludes halogenated alkanes) is 1. The summed E-state index contributed by atoms with van der Waals surface area (Å²) >= 11 is 0. The lowest BCUT2D eigenvalue weighted by Crippen LogP contribution is -2.58. The average Bonchev–Trinajstić information content (AvgIpc) is 2.55. The van der Waals surface area contributed by atoms with E-state index in [2.05, 4.69) is 5.32 Å². The largest absolute Gasteiger partial charge is 0.342 e. The predicted octanol–water partition coefficient (Wildman–Crippen LogP) is 1.95. The second-order valence-corrected chi connectivity index (χ2v) is 8.35. The molecular formula is C17H25N3O4S. The van der Waals surface area contributed by atoms with E-state index in [1.54, 1.807) is 29.0 Å². The number of hydrogen-bond donors (Lipinski definition) is 1. The van der Waals surface area contributed by atoms with Crippen LogP contribution in [0.2, 0.25) is 0 Å². The summed E-state index contributed by atoms with van der Waals surface area (Å²) in [4.78, 5) is 28.4. The summed E-state index contributed by atoms with van der Waals surface area (Å²) in [6.45, 7) is 3.02. The lowest BCUT2D eigenvalue weighted by molar-refractivity contribution is -0.138. The van der Waals surface area contributed by atoms with Gasteiger partial charge in [0.1, 0.15) is 6.04 Å². The van der Waals surface area contributed by atoms with Crippen LogP contribution >= 0.6 is 0 Å². The highest BCUT2D eigenvalue weighted by Crippen LogP contribution is 2.19. The molecule has 0 radical (unpaired) electrons. The lowest BCUT2D eigenvalue weighted by atomic mass is 10.0. The Bertz CT molecular complexity index is 731. The molecular weight excluding hydrogens is 342 g/mol. The van der Waals surface area contributed by atoms with Gasteiger partial charge >= 0.3 is 6.03 Å². The van der Waals surface area contributed by atoms with Gasteiger partial charge in [0.25, 0.3) is 0 Å². The first-order valence-electron chi connectivity index (χ1n) is 8.36. The van der Waals surface area contributed by atoms with Gasteiger partial charge in [0, 0.05) is 32.1 Å². The van der Waals surface area contributed by atoms with Crippen molar-refractivity contribution in [2.75, 3.05) is 31.7 Å². The van der Waals surface area contributed by atoms with E-state index < -0.39 is 15.9 Å². The van der Waals surface area contributed by atoms with E-state index in [0.29, 0.717) is 25.2 Å². The molecule has 25 heavy (non-hydrogen) atoms. The lowest BCUT2D eigenvalue weighted by Gasteiger charge is -2.39. The minimum Gasteiger partial charge on any atom is -0.342 e. The molecule has 0 unspecified atom stereocenters. The maximum atomic E-state index is 12.6. The van der Waals surface area contributed by atoms with Crippen molar-refractivity contribution in [2.45, 2.75) is 37.1 Å².